The van der Waals surface area contributed by atoms with Crippen LogP contribution in [0.15, 0.2) is 63.5 Å². The highest BCUT2D eigenvalue weighted by atomic mass is 79.9. The summed E-state index contributed by atoms with van der Waals surface area (Å²) in [5, 5.41) is 0. The van der Waals surface area contributed by atoms with Crippen LogP contribution in [0.4, 0.5) is 4.39 Å². The topological polar surface area (TPSA) is 0 Å². The Kier molecular flexibility index (Phi) is 5.58. The normalized spacial score (nSPS) is 9.00. The number of halogens is 3. The first-order valence-electron chi connectivity index (χ1n) is 4.30. The molecular weight excluding hydrogens is 323 g/mol. The molecule has 0 aromatic heterocycles. The van der Waals surface area contributed by atoms with Gasteiger partial charge in [-0.1, -0.05) is 50.1 Å². The van der Waals surface area contributed by atoms with Crippen LogP contribution >= 0.6 is 31.9 Å². The predicted octanol–water partition coefficient (Wildman–Crippen LogP) is 5.04. The van der Waals surface area contributed by atoms with E-state index in [0.29, 0.717) is 0 Å². The van der Waals surface area contributed by atoms with Crippen molar-refractivity contribution in [3.8, 4) is 0 Å². The van der Waals surface area contributed by atoms with Crippen molar-refractivity contribution in [3.05, 3.63) is 69.4 Å². The van der Waals surface area contributed by atoms with Crippen LogP contribution < -0.4 is 0 Å². The van der Waals surface area contributed by atoms with Gasteiger partial charge in [-0.25, -0.2) is 4.39 Å². The van der Waals surface area contributed by atoms with Gasteiger partial charge in [0.25, 0.3) is 0 Å². The Bertz CT molecular complexity index is 363. The first-order valence-corrected chi connectivity index (χ1v) is 5.88. The maximum absolute atomic E-state index is 12.1. The molecule has 3 heteroatoms. The van der Waals surface area contributed by atoms with Gasteiger partial charge >= 0.3 is 0 Å². The number of rotatable bonds is 0. The maximum Gasteiger partial charge on any atom is 0.123 e. The third kappa shape index (κ3) is 5.70. The van der Waals surface area contributed by atoms with Gasteiger partial charge in [0, 0.05) is 8.95 Å². The molecule has 2 aromatic rings. The second-order valence-corrected chi connectivity index (χ2v) is 4.56. The maximum atomic E-state index is 12.1. The van der Waals surface area contributed by atoms with Crippen LogP contribution in [0, 0.1) is 5.82 Å². The minimum absolute atomic E-state index is 0.201. The molecule has 0 aliphatic carbocycles. The molecule has 0 aliphatic heterocycles. The van der Waals surface area contributed by atoms with Gasteiger partial charge in [-0.3, -0.25) is 0 Å². The first-order chi connectivity index (χ1) is 7.18. The van der Waals surface area contributed by atoms with Gasteiger partial charge < -0.3 is 0 Å². The Morgan fingerprint density at radius 3 is 1.47 bits per heavy atom. The van der Waals surface area contributed by atoms with Crippen LogP contribution in [-0.4, -0.2) is 0 Å². The average molecular weight is 332 g/mol. The lowest BCUT2D eigenvalue weighted by Gasteiger charge is -1.85. The van der Waals surface area contributed by atoms with Crippen LogP contribution in [0.3, 0.4) is 0 Å². The van der Waals surface area contributed by atoms with Crippen molar-refractivity contribution in [1.29, 1.82) is 0 Å². The van der Waals surface area contributed by atoms with Gasteiger partial charge in [0.05, 0.1) is 0 Å². The lowest BCUT2D eigenvalue weighted by molar-refractivity contribution is 0.627. The summed E-state index contributed by atoms with van der Waals surface area (Å²) >= 11 is 6.49. The zero-order valence-electron chi connectivity index (χ0n) is 7.83. The molecule has 0 saturated carbocycles. The summed E-state index contributed by atoms with van der Waals surface area (Å²) in [5.41, 5.74) is 0. The Balaban J connectivity index is 0.000000151. The van der Waals surface area contributed by atoms with Crippen LogP contribution in [0.5, 0.6) is 0 Å². The predicted molar refractivity (Wildman–Crippen MR) is 68.2 cm³/mol. The summed E-state index contributed by atoms with van der Waals surface area (Å²) in [6, 6.07) is 16.1. The highest BCUT2D eigenvalue weighted by molar-refractivity contribution is 9.10. The Labute approximate surface area is 105 Å². The summed E-state index contributed by atoms with van der Waals surface area (Å²) in [4.78, 5) is 0. The van der Waals surface area contributed by atoms with Crippen molar-refractivity contribution < 1.29 is 4.39 Å². The third-order valence-electron chi connectivity index (χ3n) is 1.54. The molecule has 0 spiro atoms. The molecule has 2 rings (SSSR count). The van der Waals surface area contributed by atoms with Gasteiger partial charge in [-0.05, 0) is 36.4 Å². The van der Waals surface area contributed by atoms with Crippen LogP contribution in [0.25, 0.3) is 0 Å². The summed E-state index contributed by atoms with van der Waals surface area (Å²) in [5.74, 6) is -0.201. The second kappa shape index (κ2) is 6.75. The SMILES string of the molecule is Brc1ccccc1.Fc1ccc(Br)cc1. The van der Waals surface area contributed by atoms with E-state index in [1.807, 2.05) is 30.3 Å². The van der Waals surface area contributed by atoms with Crippen molar-refractivity contribution in [1.82, 2.24) is 0 Å². The highest BCUT2D eigenvalue weighted by Gasteiger charge is 1.85. The molecule has 0 nitrogen and oxygen atoms in total. The molecule has 0 aliphatic rings. The smallest absolute Gasteiger partial charge is 0.123 e. The van der Waals surface area contributed by atoms with Crippen molar-refractivity contribution in [2.75, 3.05) is 0 Å². The molecule has 0 N–H and O–H groups in total. The standard InChI is InChI=1S/C6H4BrF.C6H5Br/c7-5-1-3-6(8)4-2-5;7-6-4-2-1-3-5-6/h1-4H;1-5H. The average Bonchev–Trinajstić information content (AvgIpc) is 2.25. The van der Waals surface area contributed by atoms with Crippen LogP contribution in [-0.2, 0) is 0 Å². The van der Waals surface area contributed by atoms with Crippen LogP contribution in [0.1, 0.15) is 0 Å². The summed E-state index contributed by atoms with van der Waals surface area (Å²) in [6.07, 6.45) is 0. The molecule has 0 atom stereocenters. The summed E-state index contributed by atoms with van der Waals surface area (Å²) < 4.78 is 14.1. The number of benzene rings is 2. The van der Waals surface area contributed by atoms with Crippen molar-refractivity contribution >= 4 is 31.9 Å². The van der Waals surface area contributed by atoms with E-state index in [1.54, 1.807) is 12.1 Å². The molecule has 0 heterocycles. The van der Waals surface area contributed by atoms with E-state index in [0.717, 1.165) is 8.95 Å². The summed E-state index contributed by atoms with van der Waals surface area (Å²) in [7, 11) is 0. The van der Waals surface area contributed by atoms with Gasteiger partial charge in [0.2, 0.25) is 0 Å². The lowest BCUT2D eigenvalue weighted by Crippen LogP contribution is -1.67. The quantitative estimate of drug-likeness (QED) is 0.634. The molecular formula is C12H9Br2F. The second-order valence-electron chi connectivity index (χ2n) is 2.73. The lowest BCUT2D eigenvalue weighted by atomic mass is 10.4. The zero-order chi connectivity index (χ0) is 11.1. The Hall–Kier alpha value is -0.670. The minimum Gasteiger partial charge on any atom is -0.207 e. The molecule has 15 heavy (non-hydrogen) atoms. The van der Waals surface area contributed by atoms with Crippen molar-refractivity contribution in [2.24, 2.45) is 0 Å². The molecule has 0 amide bonds. The number of hydrogen-bond acceptors (Lipinski definition) is 0. The number of hydrogen-bond donors (Lipinski definition) is 0. The van der Waals surface area contributed by atoms with Gasteiger partial charge in [-0.15, -0.1) is 0 Å². The first kappa shape index (κ1) is 12.4. The molecule has 0 unspecified atom stereocenters. The monoisotopic (exact) mass is 330 g/mol. The van der Waals surface area contributed by atoms with E-state index < -0.39 is 0 Å². The van der Waals surface area contributed by atoms with E-state index in [2.05, 4.69) is 31.9 Å². The fourth-order valence-corrected chi connectivity index (χ4v) is 1.41. The van der Waals surface area contributed by atoms with Gasteiger partial charge in [0.1, 0.15) is 5.82 Å². The van der Waals surface area contributed by atoms with Crippen LogP contribution in [0.2, 0.25) is 0 Å². The van der Waals surface area contributed by atoms with E-state index in [9.17, 15) is 4.39 Å². The van der Waals surface area contributed by atoms with Gasteiger partial charge in [0.15, 0.2) is 0 Å². The fourth-order valence-electron chi connectivity index (χ4n) is 0.844. The van der Waals surface area contributed by atoms with E-state index in [-0.39, 0.29) is 5.82 Å². The minimum atomic E-state index is -0.201. The molecule has 0 fully saturated rings. The fraction of sp³-hybridized carbons (Fsp3) is 0. The van der Waals surface area contributed by atoms with E-state index >= 15 is 0 Å². The Morgan fingerprint density at radius 1 is 0.667 bits per heavy atom. The van der Waals surface area contributed by atoms with Crippen molar-refractivity contribution in [3.63, 3.8) is 0 Å². The molecule has 0 saturated heterocycles. The molecule has 2 aromatic carbocycles. The zero-order valence-corrected chi connectivity index (χ0v) is 11.0. The molecule has 78 valence electrons. The summed E-state index contributed by atoms with van der Waals surface area (Å²) in [6.45, 7) is 0. The van der Waals surface area contributed by atoms with Crippen molar-refractivity contribution in [2.45, 2.75) is 0 Å². The highest BCUT2D eigenvalue weighted by Crippen LogP contribution is 2.08. The Morgan fingerprint density at radius 2 is 1.13 bits per heavy atom. The van der Waals surface area contributed by atoms with E-state index in [4.69, 9.17) is 0 Å². The third-order valence-corrected chi connectivity index (χ3v) is 2.59. The molecule has 0 bridgehead atoms. The van der Waals surface area contributed by atoms with Gasteiger partial charge in [-0.2, -0.15) is 0 Å². The largest absolute Gasteiger partial charge is 0.207 e. The molecule has 0 radical (unpaired) electrons. The van der Waals surface area contributed by atoms with E-state index in [1.165, 1.54) is 12.1 Å².